The van der Waals surface area contributed by atoms with E-state index in [1.54, 1.807) is 0 Å². The van der Waals surface area contributed by atoms with Gasteiger partial charge in [-0.15, -0.1) is 10.2 Å². The Kier molecular flexibility index (Phi) is 6.07. The third-order valence-corrected chi connectivity index (χ3v) is 6.98. The SMILES string of the molecule is c1ccc(-c2ncn(-c3ccccc3-c3nnc(-c4ccccc4)n3-c3ccccc3)c2-c2ccccc2)cc1. The van der Waals surface area contributed by atoms with Crippen LogP contribution in [0.15, 0.2) is 152 Å². The molecule has 7 aromatic rings. The van der Waals surface area contributed by atoms with E-state index in [-0.39, 0.29) is 0 Å². The van der Waals surface area contributed by atoms with Crippen LogP contribution in [0.4, 0.5) is 0 Å². The lowest BCUT2D eigenvalue weighted by Crippen LogP contribution is -2.04. The molecule has 7 rings (SSSR count). The first-order chi connectivity index (χ1) is 19.9. The Bertz CT molecular complexity index is 1730. The molecule has 0 bridgehead atoms. The Morgan fingerprint density at radius 2 is 0.975 bits per heavy atom. The van der Waals surface area contributed by atoms with Crippen LogP contribution in [-0.4, -0.2) is 24.3 Å². The molecule has 0 aliphatic carbocycles. The monoisotopic (exact) mass is 515 g/mol. The van der Waals surface area contributed by atoms with Crippen LogP contribution in [0.25, 0.3) is 56.7 Å². The molecule has 40 heavy (non-hydrogen) atoms. The van der Waals surface area contributed by atoms with Crippen molar-refractivity contribution in [3.63, 3.8) is 0 Å². The van der Waals surface area contributed by atoms with Crippen molar-refractivity contribution in [2.75, 3.05) is 0 Å². The molecule has 0 spiro atoms. The minimum absolute atomic E-state index is 0.759. The largest absolute Gasteiger partial charge is 0.297 e. The van der Waals surface area contributed by atoms with Crippen molar-refractivity contribution in [1.29, 1.82) is 0 Å². The van der Waals surface area contributed by atoms with Crippen LogP contribution in [0, 0.1) is 0 Å². The van der Waals surface area contributed by atoms with Crippen molar-refractivity contribution in [2.45, 2.75) is 0 Å². The predicted molar refractivity (Wildman–Crippen MR) is 160 cm³/mol. The van der Waals surface area contributed by atoms with Gasteiger partial charge < -0.3 is 0 Å². The summed E-state index contributed by atoms with van der Waals surface area (Å²) in [4.78, 5) is 4.93. The molecule has 190 valence electrons. The summed E-state index contributed by atoms with van der Waals surface area (Å²) >= 11 is 0. The van der Waals surface area contributed by atoms with Gasteiger partial charge in [0.1, 0.15) is 6.33 Å². The number of imidazole rings is 1. The number of rotatable bonds is 6. The number of hydrogen-bond donors (Lipinski definition) is 0. The third kappa shape index (κ3) is 4.20. The fourth-order valence-corrected chi connectivity index (χ4v) is 5.14. The first-order valence-corrected chi connectivity index (χ1v) is 13.2. The zero-order chi connectivity index (χ0) is 26.7. The molecule has 0 unspecified atom stereocenters. The first-order valence-electron chi connectivity index (χ1n) is 13.2. The molecule has 0 aliphatic rings. The molecule has 0 saturated heterocycles. The summed E-state index contributed by atoms with van der Waals surface area (Å²) in [6, 6.07) is 49.5. The molecule has 0 saturated carbocycles. The van der Waals surface area contributed by atoms with Crippen LogP contribution >= 0.6 is 0 Å². The number of para-hydroxylation sites is 2. The van der Waals surface area contributed by atoms with E-state index in [0.29, 0.717) is 0 Å². The zero-order valence-corrected chi connectivity index (χ0v) is 21.7. The van der Waals surface area contributed by atoms with Gasteiger partial charge in [0.05, 0.1) is 17.1 Å². The van der Waals surface area contributed by atoms with E-state index in [9.17, 15) is 0 Å². The highest BCUT2D eigenvalue weighted by molar-refractivity contribution is 5.82. The van der Waals surface area contributed by atoms with E-state index >= 15 is 0 Å². The number of benzene rings is 5. The summed E-state index contributed by atoms with van der Waals surface area (Å²) in [5.41, 5.74) is 8.02. The lowest BCUT2D eigenvalue weighted by atomic mass is 10.0. The van der Waals surface area contributed by atoms with E-state index in [4.69, 9.17) is 15.2 Å². The summed E-state index contributed by atoms with van der Waals surface area (Å²) in [5, 5.41) is 9.47. The maximum Gasteiger partial charge on any atom is 0.170 e. The molecule has 5 aromatic carbocycles. The van der Waals surface area contributed by atoms with Crippen molar-refractivity contribution in [3.05, 3.63) is 152 Å². The second kappa shape index (κ2) is 10.3. The standard InChI is InChI=1S/C35H25N5/c1-5-15-26(16-6-1)32-33(27-17-7-2-8-18-27)39(25-36-32)31-24-14-13-23-30(31)35-38-37-34(28-19-9-3-10-20-28)40(35)29-21-11-4-12-22-29/h1-25H. The smallest absolute Gasteiger partial charge is 0.170 e. The van der Waals surface area contributed by atoms with Crippen LogP contribution in [0.2, 0.25) is 0 Å². The van der Waals surface area contributed by atoms with Crippen molar-refractivity contribution in [3.8, 4) is 56.7 Å². The van der Waals surface area contributed by atoms with Crippen LogP contribution in [0.3, 0.4) is 0 Å². The molecule has 0 amide bonds. The summed E-state index contributed by atoms with van der Waals surface area (Å²) < 4.78 is 4.30. The maximum atomic E-state index is 4.93. The van der Waals surface area contributed by atoms with Crippen LogP contribution < -0.4 is 0 Å². The lowest BCUT2D eigenvalue weighted by molar-refractivity contribution is 1.03. The van der Waals surface area contributed by atoms with Gasteiger partial charge in [-0.1, -0.05) is 121 Å². The van der Waals surface area contributed by atoms with Crippen LogP contribution in [0.1, 0.15) is 0 Å². The van der Waals surface area contributed by atoms with Crippen molar-refractivity contribution in [2.24, 2.45) is 0 Å². The van der Waals surface area contributed by atoms with E-state index in [1.807, 2.05) is 73.1 Å². The number of nitrogens with zero attached hydrogens (tertiary/aromatic N) is 5. The number of aromatic nitrogens is 5. The second-order valence-electron chi connectivity index (χ2n) is 9.45. The molecular formula is C35H25N5. The van der Waals surface area contributed by atoms with E-state index in [2.05, 4.69) is 88.0 Å². The Morgan fingerprint density at radius 3 is 1.65 bits per heavy atom. The van der Waals surface area contributed by atoms with Crippen molar-refractivity contribution in [1.82, 2.24) is 24.3 Å². The molecule has 0 radical (unpaired) electrons. The zero-order valence-electron chi connectivity index (χ0n) is 21.7. The first kappa shape index (κ1) is 23.6. The fraction of sp³-hybridized carbons (Fsp3) is 0. The summed E-state index contributed by atoms with van der Waals surface area (Å²) in [5.74, 6) is 1.55. The highest BCUT2D eigenvalue weighted by Gasteiger charge is 2.22. The highest BCUT2D eigenvalue weighted by atomic mass is 15.3. The van der Waals surface area contributed by atoms with Gasteiger partial charge in [0.2, 0.25) is 0 Å². The highest BCUT2D eigenvalue weighted by Crippen LogP contribution is 2.37. The molecule has 0 atom stereocenters. The van der Waals surface area contributed by atoms with Gasteiger partial charge in [0.25, 0.3) is 0 Å². The molecular weight excluding hydrogens is 490 g/mol. The molecule has 0 fully saturated rings. The summed E-state index contributed by atoms with van der Waals surface area (Å²) in [6.45, 7) is 0. The van der Waals surface area contributed by atoms with Gasteiger partial charge in [0.15, 0.2) is 11.6 Å². The Balaban J connectivity index is 1.48. The third-order valence-electron chi connectivity index (χ3n) is 6.98. The minimum Gasteiger partial charge on any atom is -0.297 e. The second-order valence-corrected chi connectivity index (χ2v) is 9.45. The Labute approximate surface area is 232 Å². The maximum absolute atomic E-state index is 4.93. The molecule has 2 heterocycles. The van der Waals surface area contributed by atoms with Gasteiger partial charge in [-0.05, 0) is 24.3 Å². The van der Waals surface area contributed by atoms with Crippen molar-refractivity contribution >= 4 is 0 Å². The van der Waals surface area contributed by atoms with Gasteiger partial charge in [0, 0.05) is 27.9 Å². The van der Waals surface area contributed by atoms with E-state index in [1.165, 1.54) is 0 Å². The topological polar surface area (TPSA) is 48.5 Å². The predicted octanol–water partition coefficient (Wildman–Crippen LogP) is 8.12. The van der Waals surface area contributed by atoms with Gasteiger partial charge in [-0.25, -0.2) is 4.98 Å². The number of hydrogen-bond acceptors (Lipinski definition) is 3. The van der Waals surface area contributed by atoms with Gasteiger partial charge >= 0.3 is 0 Å². The Morgan fingerprint density at radius 1 is 0.450 bits per heavy atom. The average Bonchev–Trinajstić information content (AvgIpc) is 3.68. The molecule has 0 N–H and O–H groups in total. The normalized spacial score (nSPS) is 11.0. The Hall–Kier alpha value is -5.55. The molecule has 5 nitrogen and oxygen atoms in total. The van der Waals surface area contributed by atoms with Crippen LogP contribution in [0.5, 0.6) is 0 Å². The quantitative estimate of drug-likeness (QED) is 0.225. The summed E-state index contributed by atoms with van der Waals surface area (Å²) in [7, 11) is 0. The fourth-order valence-electron chi connectivity index (χ4n) is 5.14. The van der Waals surface area contributed by atoms with E-state index < -0.39 is 0 Å². The lowest BCUT2D eigenvalue weighted by Gasteiger charge is -2.16. The molecule has 2 aromatic heterocycles. The van der Waals surface area contributed by atoms with Crippen molar-refractivity contribution < 1.29 is 0 Å². The van der Waals surface area contributed by atoms with Crippen LogP contribution in [-0.2, 0) is 0 Å². The minimum atomic E-state index is 0.759. The van der Waals surface area contributed by atoms with Gasteiger partial charge in [-0.2, -0.15) is 0 Å². The van der Waals surface area contributed by atoms with Gasteiger partial charge in [-0.3, -0.25) is 9.13 Å². The average molecular weight is 516 g/mol. The molecule has 5 heteroatoms. The molecule has 0 aliphatic heterocycles. The van der Waals surface area contributed by atoms with E-state index in [0.717, 1.165) is 56.7 Å². The summed E-state index contributed by atoms with van der Waals surface area (Å²) in [6.07, 6.45) is 1.91.